The lowest BCUT2D eigenvalue weighted by Gasteiger charge is -2.24. The van der Waals surface area contributed by atoms with Gasteiger partial charge in [-0.2, -0.15) is 0 Å². The summed E-state index contributed by atoms with van der Waals surface area (Å²) in [5.74, 6) is 2.69. The number of imidazole rings is 1. The van der Waals surface area contributed by atoms with Crippen LogP contribution in [0.2, 0.25) is 0 Å². The van der Waals surface area contributed by atoms with Crippen LogP contribution in [-0.2, 0) is 6.42 Å². The monoisotopic (exact) mass is 335 g/mol. The van der Waals surface area contributed by atoms with Crippen molar-refractivity contribution in [3.8, 4) is 11.4 Å². The van der Waals surface area contributed by atoms with Gasteiger partial charge in [-0.15, -0.1) is 0 Å². The van der Waals surface area contributed by atoms with Crippen molar-refractivity contribution in [2.45, 2.75) is 45.6 Å². The van der Waals surface area contributed by atoms with E-state index in [1.54, 1.807) is 0 Å². The molecule has 5 nitrogen and oxygen atoms in total. The first-order chi connectivity index (χ1) is 12.2. The Hall–Kier alpha value is -2.56. The number of aryl methyl sites for hydroxylation is 1. The predicted octanol–water partition coefficient (Wildman–Crippen LogP) is 4.18. The Bertz CT molecular complexity index is 813. The number of aromatic nitrogens is 2. The highest BCUT2D eigenvalue weighted by Gasteiger charge is 2.29. The van der Waals surface area contributed by atoms with E-state index < -0.39 is 0 Å². The van der Waals surface area contributed by atoms with Crippen molar-refractivity contribution in [2.75, 3.05) is 11.9 Å². The molecule has 1 aromatic carbocycles. The molecular formula is C20H25N5. The van der Waals surface area contributed by atoms with Crippen LogP contribution in [0.5, 0.6) is 0 Å². The summed E-state index contributed by atoms with van der Waals surface area (Å²) in [5.41, 5.74) is 3.73. The van der Waals surface area contributed by atoms with Gasteiger partial charge in [-0.3, -0.25) is 0 Å². The van der Waals surface area contributed by atoms with Crippen LogP contribution < -0.4 is 5.32 Å². The summed E-state index contributed by atoms with van der Waals surface area (Å²) in [6.07, 6.45) is 8.64. The van der Waals surface area contributed by atoms with Gasteiger partial charge in [0.2, 0.25) is 0 Å². The Kier molecular flexibility index (Phi) is 4.30. The second-order valence-corrected chi connectivity index (χ2v) is 7.00. The van der Waals surface area contributed by atoms with Crippen LogP contribution in [0.15, 0.2) is 46.8 Å². The number of anilines is 1. The third-order valence-electron chi connectivity index (χ3n) is 4.74. The van der Waals surface area contributed by atoms with Gasteiger partial charge in [0.25, 0.3) is 0 Å². The van der Waals surface area contributed by atoms with Gasteiger partial charge in [0, 0.05) is 18.2 Å². The summed E-state index contributed by atoms with van der Waals surface area (Å²) >= 11 is 0. The van der Waals surface area contributed by atoms with E-state index in [4.69, 9.17) is 0 Å². The lowest BCUT2D eigenvalue weighted by Crippen LogP contribution is -2.30. The summed E-state index contributed by atoms with van der Waals surface area (Å²) in [6, 6.07) is 9.28. The molecule has 4 rings (SSSR count). The fraction of sp³-hybridized carbons (Fsp3) is 0.400. The smallest absolute Gasteiger partial charge is 0.138 e. The first-order valence-electron chi connectivity index (χ1n) is 9.14. The summed E-state index contributed by atoms with van der Waals surface area (Å²) in [5, 5.41) is 3.38. The van der Waals surface area contributed by atoms with E-state index in [0.717, 1.165) is 42.4 Å². The quantitative estimate of drug-likeness (QED) is 0.832. The molecule has 1 saturated carbocycles. The van der Waals surface area contributed by atoms with E-state index in [1.165, 1.54) is 24.0 Å². The molecule has 1 fully saturated rings. The minimum atomic E-state index is 0.703. The van der Waals surface area contributed by atoms with E-state index in [0.29, 0.717) is 6.04 Å². The Labute approximate surface area is 148 Å². The zero-order valence-corrected chi connectivity index (χ0v) is 14.9. The Balaban J connectivity index is 1.47. The molecule has 25 heavy (non-hydrogen) atoms. The number of aromatic amines is 1. The minimum Gasteiger partial charge on any atom is -0.355 e. The predicted molar refractivity (Wildman–Crippen MR) is 103 cm³/mol. The average molecular weight is 335 g/mol. The van der Waals surface area contributed by atoms with Crippen molar-refractivity contribution >= 4 is 12.2 Å². The van der Waals surface area contributed by atoms with Gasteiger partial charge in [-0.1, -0.05) is 31.5 Å². The molecule has 2 aliphatic rings. The van der Waals surface area contributed by atoms with Crippen LogP contribution in [0.3, 0.4) is 0 Å². The molecule has 2 aromatic rings. The van der Waals surface area contributed by atoms with Crippen LogP contribution in [0.25, 0.3) is 11.4 Å². The molecule has 2 heterocycles. The average Bonchev–Trinajstić information content (AvgIpc) is 3.36. The van der Waals surface area contributed by atoms with Crippen molar-refractivity contribution in [3.05, 3.63) is 47.4 Å². The second kappa shape index (κ2) is 6.75. The van der Waals surface area contributed by atoms with E-state index in [1.807, 2.05) is 12.5 Å². The van der Waals surface area contributed by atoms with Gasteiger partial charge >= 0.3 is 0 Å². The van der Waals surface area contributed by atoms with E-state index in [2.05, 4.69) is 63.3 Å². The lowest BCUT2D eigenvalue weighted by molar-refractivity contribution is 0.447. The standard InChI is InChI=1S/C20H25N5/c1-3-5-15-6-4-7-16(10-15)20-21-11-18(24-20)23-19-14(2)12-25(13-22-19)17-8-9-17/h4,6-7,10-11,13,17,23H,3,5,8-9,12H2,1-2H3,(H,21,24). The molecule has 1 aliphatic heterocycles. The van der Waals surface area contributed by atoms with Crippen LogP contribution in [0, 0.1) is 0 Å². The first-order valence-corrected chi connectivity index (χ1v) is 9.14. The number of H-pyrrole nitrogens is 1. The molecule has 0 spiro atoms. The molecule has 0 unspecified atom stereocenters. The van der Waals surface area contributed by atoms with Crippen LogP contribution >= 0.6 is 0 Å². The van der Waals surface area contributed by atoms with Crippen LogP contribution in [0.1, 0.15) is 38.7 Å². The second-order valence-electron chi connectivity index (χ2n) is 7.00. The summed E-state index contributed by atoms with van der Waals surface area (Å²) in [4.78, 5) is 14.8. The van der Waals surface area contributed by atoms with Gasteiger partial charge in [0.1, 0.15) is 17.5 Å². The number of nitrogens with one attached hydrogen (secondary N) is 2. The Morgan fingerprint density at radius 2 is 2.20 bits per heavy atom. The molecule has 2 N–H and O–H groups in total. The zero-order valence-electron chi connectivity index (χ0n) is 14.9. The van der Waals surface area contributed by atoms with Crippen LogP contribution in [0.4, 0.5) is 5.82 Å². The number of aliphatic imine (C=N–C) groups is 1. The number of rotatable bonds is 6. The molecule has 1 aliphatic carbocycles. The number of hydrogen-bond acceptors (Lipinski definition) is 4. The normalized spacial score (nSPS) is 17.3. The molecule has 0 radical (unpaired) electrons. The topological polar surface area (TPSA) is 56.3 Å². The van der Waals surface area contributed by atoms with Gasteiger partial charge in [0.05, 0.1) is 12.5 Å². The van der Waals surface area contributed by atoms with Crippen molar-refractivity contribution in [2.24, 2.45) is 4.99 Å². The molecule has 0 bridgehead atoms. The fourth-order valence-electron chi connectivity index (χ4n) is 3.22. The summed E-state index contributed by atoms with van der Waals surface area (Å²) < 4.78 is 0. The van der Waals surface area contributed by atoms with Crippen molar-refractivity contribution in [1.82, 2.24) is 14.9 Å². The number of benzene rings is 1. The molecule has 0 atom stereocenters. The molecule has 0 saturated heterocycles. The van der Waals surface area contributed by atoms with Gasteiger partial charge in [-0.25, -0.2) is 9.98 Å². The number of nitrogens with zero attached hydrogens (tertiary/aromatic N) is 3. The fourth-order valence-corrected chi connectivity index (χ4v) is 3.22. The maximum absolute atomic E-state index is 4.59. The Morgan fingerprint density at radius 3 is 2.96 bits per heavy atom. The SMILES string of the molecule is CCCc1cccc(-c2ncc(NC3=C(C)CN(C4CC4)C=N3)[nH]2)c1. The zero-order chi connectivity index (χ0) is 17.2. The molecule has 0 amide bonds. The third kappa shape index (κ3) is 3.60. The van der Waals surface area contributed by atoms with E-state index in [9.17, 15) is 0 Å². The minimum absolute atomic E-state index is 0.703. The lowest BCUT2D eigenvalue weighted by atomic mass is 10.1. The van der Waals surface area contributed by atoms with E-state index >= 15 is 0 Å². The first kappa shape index (κ1) is 15.9. The van der Waals surface area contributed by atoms with Crippen molar-refractivity contribution in [1.29, 1.82) is 0 Å². The summed E-state index contributed by atoms with van der Waals surface area (Å²) in [7, 11) is 0. The number of hydrogen-bond donors (Lipinski definition) is 2. The summed E-state index contributed by atoms with van der Waals surface area (Å²) in [6.45, 7) is 5.29. The van der Waals surface area contributed by atoms with Gasteiger partial charge in [-0.05, 0) is 43.4 Å². The highest BCUT2D eigenvalue weighted by molar-refractivity contribution is 5.64. The highest BCUT2D eigenvalue weighted by Crippen LogP contribution is 2.29. The van der Waals surface area contributed by atoms with Crippen molar-refractivity contribution in [3.63, 3.8) is 0 Å². The molecule has 1 aromatic heterocycles. The third-order valence-corrected chi connectivity index (χ3v) is 4.74. The molecule has 130 valence electrons. The van der Waals surface area contributed by atoms with Gasteiger partial charge < -0.3 is 15.2 Å². The molecular weight excluding hydrogens is 310 g/mol. The Morgan fingerprint density at radius 1 is 1.32 bits per heavy atom. The maximum atomic E-state index is 4.59. The van der Waals surface area contributed by atoms with Gasteiger partial charge in [0.15, 0.2) is 0 Å². The van der Waals surface area contributed by atoms with Crippen LogP contribution in [-0.4, -0.2) is 33.8 Å². The van der Waals surface area contributed by atoms with Crippen molar-refractivity contribution < 1.29 is 0 Å². The maximum Gasteiger partial charge on any atom is 0.138 e. The largest absolute Gasteiger partial charge is 0.355 e. The van der Waals surface area contributed by atoms with E-state index in [-0.39, 0.29) is 0 Å². The molecule has 5 heteroatoms. The highest BCUT2D eigenvalue weighted by atomic mass is 15.2.